The Morgan fingerprint density at radius 2 is 2.19 bits per heavy atom. The molecular formula is C15H16F2N2OS. The molecule has 1 aliphatic rings. The summed E-state index contributed by atoms with van der Waals surface area (Å²) in [6.07, 6.45) is 2.41. The number of nitrogens with one attached hydrogen (secondary N) is 1. The molecule has 0 spiro atoms. The lowest BCUT2D eigenvalue weighted by Gasteiger charge is -2.02. The van der Waals surface area contributed by atoms with E-state index in [0.717, 1.165) is 16.6 Å². The normalized spacial score (nSPS) is 14.6. The van der Waals surface area contributed by atoms with E-state index in [4.69, 9.17) is 4.74 Å². The second-order valence-electron chi connectivity index (χ2n) is 5.10. The van der Waals surface area contributed by atoms with Gasteiger partial charge in [0.2, 0.25) is 0 Å². The first-order valence-electron chi connectivity index (χ1n) is 6.83. The number of ether oxygens (including phenoxy) is 1. The van der Waals surface area contributed by atoms with E-state index in [1.807, 2.05) is 0 Å². The molecule has 0 unspecified atom stereocenters. The lowest BCUT2D eigenvalue weighted by Crippen LogP contribution is -2.15. The summed E-state index contributed by atoms with van der Waals surface area (Å²) in [6.45, 7) is 1.10. The minimum Gasteiger partial charge on any atom is -0.378 e. The molecule has 0 saturated heterocycles. The molecule has 1 heterocycles. The van der Waals surface area contributed by atoms with Crippen LogP contribution in [0.2, 0.25) is 0 Å². The molecule has 1 saturated carbocycles. The summed E-state index contributed by atoms with van der Waals surface area (Å²) in [7, 11) is 1.61. The maximum atomic E-state index is 13.9. The third-order valence-corrected chi connectivity index (χ3v) is 4.48. The molecule has 3 rings (SSSR count). The quantitative estimate of drug-likeness (QED) is 0.887. The molecule has 1 N–H and O–H groups in total. The SMILES string of the molecule is COCc1nc(-c2ccc(F)cc2F)sc1CNC1CC1. The van der Waals surface area contributed by atoms with E-state index in [0.29, 0.717) is 29.8 Å². The summed E-state index contributed by atoms with van der Waals surface area (Å²) in [6, 6.07) is 4.15. The van der Waals surface area contributed by atoms with Crippen molar-refractivity contribution in [2.45, 2.75) is 32.0 Å². The molecule has 1 aliphatic carbocycles. The predicted octanol–water partition coefficient (Wildman–Crippen LogP) is 3.49. The van der Waals surface area contributed by atoms with E-state index in [2.05, 4.69) is 10.3 Å². The molecule has 1 aromatic heterocycles. The summed E-state index contributed by atoms with van der Waals surface area (Å²) in [5.74, 6) is -1.17. The molecule has 0 atom stereocenters. The van der Waals surface area contributed by atoms with Crippen LogP contribution >= 0.6 is 11.3 Å². The van der Waals surface area contributed by atoms with Gasteiger partial charge in [-0.05, 0) is 25.0 Å². The van der Waals surface area contributed by atoms with Gasteiger partial charge in [-0.15, -0.1) is 11.3 Å². The van der Waals surface area contributed by atoms with E-state index in [9.17, 15) is 8.78 Å². The van der Waals surface area contributed by atoms with Crippen LogP contribution in [0.15, 0.2) is 18.2 Å². The molecule has 1 fully saturated rings. The van der Waals surface area contributed by atoms with Gasteiger partial charge in [0, 0.05) is 36.2 Å². The van der Waals surface area contributed by atoms with E-state index in [1.54, 1.807) is 7.11 Å². The lowest BCUT2D eigenvalue weighted by atomic mass is 10.2. The largest absolute Gasteiger partial charge is 0.378 e. The van der Waals surface area contributed by atoms with Crippen molar-refractivity contribution < 1.29 is 13.5 Å². The van der Waals surface area contributed by atoms with E-state index in [-0.39, 0.29) is 0 Å². The van der Waals surface area contributed by atoms with Gasteiger partial charge in [0.25, 0.3) is 0 Å². The number of hydrogen-bond acceptors (Lipinski definition) is 4. The summed E-state index contributed by atoms with van der Waals surface area (Å²) < 4.78 is 32.0. The third kappa shape index (κ3) is 3.45. The third-order valence-electron chi connectivity index (χ3n) is 3.35. The topological polar surface area (TPSA) is 34.1 Å². The van der Waals surface area contributed by atoms with Crippen LogP contribution in [0.1, 0.15) is 23.4 Å². The number of aromatic nitrogens is 1. The first-order valence-corrected chi connectivity index (χ1v) is 7.65. The summed E-state index contributed by atoms with van der Waals surface area (Å²) >= 11 is 1.43. The summed E-state index contributed by atoms with van der Waals surface area (Å²) in [5, 5.41) is 3.98. The van der Waals surface area contributed by atoms with Crippen molar-refractivity contribution in [1.82, 2.24) is 10.3 Å². The Morgan fingerprint density at radius 1 is 1.38 bits per heavy atom. The smallest absolute Gasteiger partial charge is 0.136 e. The summed E-state index contributed by atoms with van der Waals surface area (Å²) in [4.78, 5) is 5.49. The molecular weight excluding hydrogens is 294 g/mol. The number of rotatable bonds is 6. The summed E-state index contributed by atoms with van der Waals surface area (Å²) in [5.41, 5.74) is 1.14. The maximum Gasteiger partial charge on any atom is 0.136 e. The Balaban J connectivity index is 1.88. The molecule has 2 aromatic rings. The molecule has 0 radical (unpaired) electrons. The van der Waals surface area contributed by atoms with E-state index >= 15 is 0 Å². The van der Waals surface area contributed by atoms with Gasteiger partial charge in [-0.1, -0.05) is 0 Å². The second-order valence-corrected chi connectivity index (χ2v) is 6.18. The van der Waals surface area contributed by atoms with Gasteiger partial charge < -0.3 is 10.1 Å². The van der Waals surface area contributed by atoms with Crippen LogP contribution < -0.4 is 5.32 Å². The Bertz CT molecular complexity index is 641. The molecule has 0 aliphatic heterocycles. The predicted molar refractivity (Wildman–Crippen MR) is 78.0 cm³/mol. The van der Waals surface area contributed by atoms with Crippen LogP contribution in [0.25, 0.3) is 10.6 Å². The highest BCUT2D eigenvalue weighted by Gasteiger charge is 2.22. The fourth-order valence-electron chi connectivity index (χ4n) is 2.07. The second kappa shape index (κ2) is 6.17. The van der Waals surface area contributed by atoms with Crippen molar-refractivity contribution in [1.29, 1.82) is 0 Å². The Morgan fingerprint density at radius 3 is 2.86 bits per heavy atom. The van der Waals surface area contributed by atoms with Crippen molar-refractivity contribution >= 4 is 11.3 Å². The van der Waals surface area contributed by atoms with Crippen molar-refractivity contribution in [3.8, 4) is 10.6 Å². The highest BCUT2D eigenvalue weighted by Crippen LogP contribution is 2.31. The van der Waals surface area contributed by atoms with Crippen LogP contribution in [0, 0.1) is 11.6 Å². The van der Waals surface area contributed by atoms with Gasteiger partial charge in [-0.25, -0.2) is 13.8 Å². The number of halogens is 2. The first-order chi connectivity index (χ1) is 10.2. The molecule has 21 heavy (non-hydrogen) atoms. The molecule has 3 nitrogen and oxygen atoms in total. The van der Waals surface area contributed by atoms with Crippen LogP contribution in [0.4, 0.5) is 8.78 Å². The highest BCUT2D eigenvalue weighted by atomic mass is 32.1. The number of benzene rings is 1. The fraction of sp³-hybridized carbons (Fsp3) is 0.400. The van der Waals surface area contributed by atoms with Gasteiger partial charge in [-0.2, -0.15) is 0 Å². The van der Waals surface area contributed by atoms with Crippen LogP contribution in [0.3, 0.4) is 0 Å². The average molecular weight is 310 g/mol. The molecule has 112 valence electrons. The zero-order chi connectivity index (χ0) is 14.8. The molecule has 1 aromatic carbocycles. The van der Waals surface area contributed by atoms with Crippen LogP contribution in [-0.4, -0.2) is 18.1 Å². The highest BCUT2D eigenvalue weighted by molar-refractivity contribution is 7.15. The average Bonchev–Trinajstić information content (AvgIpc) is 3.19. The maximum absolute atomic E-state index is 13.9. The lowest BCUT2D eigenvalue weighted by molar-refractivity contribution is 0.181. The number of methoxy groups -OCH3 is 1. The first kappa shape index (κ1) is 14.6. The van der Waals surface area contributed by atoms with Gasteiger partial charge in [0.15, 0.2) is 0 Å². The molecule has 6 heteroatoms. The van der Waals surface area contributed by atoms with E-state index < -0.39 is 11.6 Å². The Labute approximate surface area is 126 Å². The van der Waals surface area contributed by atoms with Crippen LogP contribution in [0.5, 0.6) is 0 Å². The zero-order valence-electron chi connectivity index (χ0n) is 11.7. The van der Waals surface area contributed by atoms with Crippen molar-refractivity contribution in [2.24, 2.45) is 0 Å². The van der Waals surface area contributed by atoms with Crippen molar-refractivity contribution in [2.75, 3.05) is 7.11 Å². The van der Waals surface area contributed by atoms with Crippen molar-refractivity contribution in [3.05, 3.63) is 40.4 Å². The van der Waals surface area contributed by atoms with Crippen LogP contribution in [-0.2, 0) is 17.9 Å². The monoisotopic (exact) mass is 310 g/mol. The zero-order valence-corrected chi connectivity index (χ0v) is 12.5. The van der Waals surface area contributed by atoms with Gasteiger partial charge in [0.1, 0.15) is 16.6 Å². The number of nitrogens with zero attached hydrogens (tertiary/aromatic N) is 1. The minimum atomic E-state index is -0.589. The number of thiazole rings is 1. The van der Waals surface area contributed by atoms with Crippen molar-refractivity contribution in [3.63, 3.8) is 0 Å². The molecule has 0 bridgehead atoms. The minimum absolute atomic E-state index is 0.330. The van der Waals surface area contributed by atoms with Gasteiger partial charge in [0.05, 0.1) is 12.3 Å². The molecule has 0 amide bonds. The fourth-order valence-corrected chi connectivity index (χ4v) is 3.12. The van der Waals surface area contributed by atoms with Gasteiger partial charge in [-0.3, -0.25) is 0 Å². The van der Waals surface area contributed by atoms with Gasteiger partial charge >= 0.3 is 0 Å². The Kier molecular flexibility index (Phi) is 4.28. The Hall–Kier alpha value is -1.37. The number of hydrogen-bond donors (Lipinski definition) is 1. The standard InChI is InChI=1S/C15H16F2N2OS/c1-20-8-13-14(7-18-10-3-4-10)21-15(19-13)11-5-2-9(16)6-12(11)17/h2,5-6,10,18H,3-4,7-8H2,1H3. The van der Waals surface area contributed by atoms with E-state index in [1.165, 1.54) is 36.3 Å².